The molecule has 1 fully saturated rings. The number of hydrogen-bond acceptors (Lipinski definition) is 4. The third kappa shape index (κ3) is 4.62. The monoisotopic (exact) mass is 321 g/mol. The largest absolute Gasteiger partial charge is 0.430 e. The molecule has 0 N–H and O–H groups in total. The van der Waals surface area contributed by atoms with Crippen molar-refractivity contribution in [3.8, 4) is 6.07 Å². The molecule has 1 amide bonds. The first kappa shape index (κ1) is 16.6. The minimum absolute atomic E-state index is 0.0112. The first-order valence-electron chi connectivity index (χ1n) is 7.34. The molecule has 1 saturated heterocycles. The van der Waals surface area contributed by atoms with Gasteiger partial charge in [0.05, 0.1) is 12.5 Å². The number of nitriles is 1. The van der Waals surface area contributed by atoms with E-state index in [-0.39, 0.29) is 6.04 Å². The van der Waals surface area contributed by atoms with Gasteiger partial charge in [0, 0.05) is 32.2 Å². The van der Waals surface area contributed by atoms with Gasteiger partial charge in [0.2, 0.25) is 0 Å². The van der Waals surface area contributed by atoms with Crippen LogP contribution in [0.25, 0.3) is 0 Å². The Kier molecular flexibility index (Phi) is 6.05. The number of carbonyl (C=O) groups is 1. The van der Waals surface area contributed by atoms with Gasteiger partial charge in [-0.15, -0.1) is 0 Å². The number of alkyl halides is 1. The molecular weight excluding hydrogens is 302 g/mol. The molecular formula is C16H20ClN3O2. The smallest absolute Gasteiger partial charge is 0.411 e. The highest BCUT2D eigenvalue weighted by Gasteiger charge is 2.30. The van der Waals surface area contributed by atoms with Crippen LogP contribution < -0.4 is 0 Å². The van der Waals surface area contributed by atoms with E-state index in [1.54, 1.807) is 11.8 Å². The van der Waals surface area contributed by atoms with Crippen molar-refractivity contribution in [3.05, 3.63) is 35.9 Å². The third-order valence-electron chi connectivity index (χ3n) is 3.68. The third-order valence-corrected chi connectivity index (χ3v) is 3.77. The molecule has 2 atom stereocenters. The van der Waals surface area contributed by atoms with Gasteiger partial charge in [-0.1, -0.05) is 41.9 Å². The summed E-state index contributed by atoms with van der Waals surface area (Å²) in [7, 11) is 0. The molecule has 6 heteroatoms. The number of ether oxygens (including phenoxy) is 1. The van der Waals surface area contributed by atoms with Crippen molar-refractivity contribution in [2.75, 3.05) is 19.6 Å². The number of hydrogen-bond donors (Lipinski definition) is 0. The first-order valence-corrected chi connectivity index (χ1v) is 7.78. The Morgan fingerprint density at radius 2 is 2.18 bits per heavy atom. The molecule has 22 heavy (non-hydrogen) atoms. The predicted molar refractivity (Wildman–Crippen MR) is 84.2 cm³/mol. The molecule has 0 aliphatic carbocycles. The summed E-state index contributed by atoms with van der Waals surface area (Å²) in [5.41, 5.74) is 0.556. The van der Waals surface area contributed by atoms with E-state index in [0.29, 0.717) is 26.1 Å². The quantitative estimate of drug-likeness (QED) is 0.800. The maximum atomic E-state index is 11.9. The Morgan fingerprint density at radius 1 is 1.45 bits per heavy atom. The van der Waals surface area contributed by atoms with Gasteiger partial charge in [-0.05, 0) is 12.5 Å². The minimum Gasteiger partial charge on any atom is -0.430 e. The van der Waals surface area contributed by atoms with Gasteiger partial charge < -0.3 is 9.64 Å². The van der Waals surface area contributed by atoms with Crippen molar-refractivity contribution in [1.29, 1.82) is 5.26 Å². The Hall–Kier alpha value is -1.77. The van der Waals surface area contributed by atoms with Crippen LogP contribution in [0, 0.1) is 11.3 Å². The maximum absolute atomic E-state index is 11.9. The van der Waals surface area contributed by atoms with Crippen LogP contribution in [0.5, 0.6) is 0 Å². The summed E-state index contributed by atoms with van der Waals surface area (Å²) in [6.07, 6.45) is -0.0302. The van der Waals surface area contributed by atoms with Crippen molar-refractivity contribution in [2.24, 2.45) is 0 Å². The SMILES string of the molecule is CC(Cl)OC(=O)N1CCN(Cc2ccccc2)C(CC#N)C1. The molecule has 0 bridgehead atoms. The summed E-state index contributed by atoms with van der Waals surface area (Å²) in [6, 6.07) is 12.3. The van der Waals surface area contributed by atoms with Crippen LogP contribution in [0.4, 0.5) is 4.79 Å². The molecule has 0 spiro atoms. The zero-order valence-electron chi connectivity index (χ0n) is 12.6. The summed E-state index contributed by atoms with van der Waals surface area (Å²) in [6.45, 7) is 4.17. The van der Waals surface area contributed by atoms with Crippen LogP contribution in [0.1, 0.15) is 18.9 Å². The lowest BCUT2D eigenvalue weighted by molar-refractivity contribution is 0.0450. The van der Waals surface area contributed by atoms with Crippen LogP contribution in [0.15, 0.2) is 30.3 Å². The number of nitrogens with zero attached hydrogens (tertiary/aromatic N) is 3. The molecule has 1 aromatic rings. The fraction of sp³-hybridized carbons (Fsp3) is 0.500. The van der Waals surface area contributed by atoms with Crippen molar-refractivity contribution in [3.63, 3.8) is 0 Å². The lowest BCUT2D eigenvalue weighted by atomic mass is 10.1. The lowest BCUT2D eigenvalue weighted by Crippen LogP contribution is -2.54. The van der Waals surface area contributed by atoms with Crippen LogP contribution >= 0.6 is 11.6 Å². The van der Waals surface area contributed by atoms with Gasteiger partial charge >= 0.3 is 6.09 Å². The lowest BCUT2D eigenvalue weighted by Gasteiger charge is -2.40. The summed E-state index contributed by atoms with van der Waals surface area (Å²) < 4.78 is 5.02. The second kappa shape index (κ2) is 8.02. The fourth-order valence-electron chi connectivity index (χ4n) is 2.60. The number of halogens is 1. The van der Waals surface area contributed by atoms with E-state index in [4.69, 9.17) is 21.6 Å². The molecule has 118 valence electrons. The van der Waals surface area contributed by atoms with E-state index in [1.165, 1.54) is 5.56 Å². The number of amides is 1. The zero-order valence-corrected chi connectivity index (χ0v) is 13.4. The molecule has 2 unspecified atom stereocenters. The molecule has 1 aliphatic rings. The van der Waals surface area contributed by atoms with Crippen LogP contribution in [-0.4, -0.2) is 47.1 Å². The molecule has 5 nitrogen and oxygen atoms in total. The fourth-order valence-corrected chi connectivity index (χ4v) is 2.67. The van der Waals surface area contributed by atoms with E-state index in [9.17, 15) is 4.79 Å². The number of rotatable bonds is 4. The van der Waals surface area contributed by atoms with E-state index >= 15 is 0 Å². The van der Waals surface area contributed by atoms with Gasteiger partial charge in [0.15, 0.2) is 5.56 Å². The second-order valence-electron chi connectivity index (χ2n) is 5.34. The van der Waals surface area contributed by atoms with Crippen LogP contribution in [0.3, 0.4) is 0 Å². The van der Waals surface area contributed by atoms with Crippen molar-refractivity contribution < 1.29 is 9.53 Å². The summed E-state index contributed by atoms with van der Waals surface area (Å²) >= 11 is 5.69. The van der Waals surface area contributed by atoms with Crippen molar-refractivity contribution in [1.82, 2.24) is 9.80 Å². The number of carbonyl (C=O) groups excluding carboxylic acids is 1. The average Bonchev–Trinajstić information content (AvgIpc) is 2.49. The van der Waals surface area contributed by atoms with Crippen molar-refractivity contribution in [2.45, 2.75) is 31.5 Å². The van der Waals surface area contributed by atoms with Gasteiger partial charge in [-0.25, -0.2) is 4.79 Å². The maximum Gasteiger partial charge on any atom is 0.411 e. The van der Waals surface area contributed by atoms with Crippen LogP contribution in [0.2, 0.25) is 0 Å². The molecule has 0 aromatic heterocycles. The van der Waals surface area contributed by atoms with E-state index in [2.05, 4.69) is 23.1 Å². The molecule has 1 aromatic carbocycles. The standard InChI is InChI=1S/C16H20ClN3O2/c1-13(17)22-16(21)20-10-9-19(15(12-20)7-8-18)11-14-5-3-2-4-6-14/h2-6,13,15H,7,9-12H2,1H3. The second-order valence-corrected chi connectivity index (χ2v) is 5.96. The molecule has 0 saturated carbocycles. The van der Waals surface area contributed by atoms with Crippen LogP contribution in [-0.2, 0) is 11.3 Å². The number of piperazine rings is 1. The Balaban J connectivity index is 1.99. The summed E-state index contributed by atoms with van der Waals surface area (Å²) in [4.78, 5) is 15.8. The minimum atomic E-state index is -0.649. The average molecular weight is 322 g/mol. The molecule has 1 aliphatic heterocycles. The Morgan fingerprint density at radius 3 is 2.82 bits per heavy atom. The predicted octanol–water partition coefficient (Wildman–Crippen LogP) is 2.81. The Labute approximate surface area is 136 Å². The van der Waals surface area contributed by atoms with E-state index < -0.39 is 11.7 Å². The highest BCUT2D eigenvalue weighted by atomic mass is 35.5. The van der Waals surface area contributed by atoms with Gasteiger partial charge in [-0.3, -0.25) is 4.90 Å². The van der Waals surface area contributed by atoms with Gasteiger partial charge in [0.25, 0.3) is 0 Å². The molecule has 0 radical (unpaired) electrons. The van der Waals surface area contributed by atoms with Crippen molar-refractivity contribution >= 4 is 17.7 Å². The van der Waals surface area contributed by atoms with E-state index in [1.807, 2.05) is 18.2 Å². The number of benzene rings is 1. The zero-order chi connectivity index (χ0) is 15.9. The highest BCUT2D eigenvalue weighted by molar-refractivity contribution is 6.19. The highest BCUT2D eigenvalue weighted by Crippen LogP contribution is 2.17. The Bertz CT molecular complexity index is 530. The van der Waals surface area contributed by atoms with Gasteiger partial charge in [0.1, 0.15) is 0 Å². The normalized spacial score (nSPS) is 20.2. The van der Waals surface area contributed by atoms with E-state index in [0.717, 1.165) is 6.54 Å². The first-order chi connectivity index (χ1) is 10.6. The molecule has 2 rings (SSSR count). The van der Waals surface area contributed by atoms with Gasteiger partial charge in [-0.2, -0.15) is 5.26 Å². The topological polar surface area (TPSA) is 56.6 Å². The summed E-state index contributed by atoms with van der Waals surface area (Å²) in [5, 5.41) is 9.04. The summed E-state index contributed by atoms with van der Waals surface area (Å²) in [5.74, 6) is 0. The molecule has 1 heterocycles.